The number of anilines is 1. The molecule has 156 valence electrons. The summed E-state index contributed by atoms with van der Waals surface area (Å²) < 4.78 is 12.7. The molecule has 0 atom stereocenters. The van der Waals surface area contributed by atoms with Crippen molar-refractivity contribution in [3.05, 3.63) is 54.5 Å². The Morgan fingerprint density at radius 1 is 1.20 bits per heavy atom. The molecule has 3 heterocycles. The maximum absolute atomic E-state index is 13.0. The number of aryl methyl sites for hydroxylation is 1. The second kappa shape index (κ2) is 8.40. The van der Waals surface area contributed by atoms with Crippen LogP contribution >= 0.6 is 0 Å². The van der Waals surface area contributed by atoms with Crippen molar-refractivity contribution in [2.75, 3.05) is 44.8 Å². The molecule has 30 heavy (non-hydrogen) atoms. The van der Waals surface area contributed by atoms with Gasteiger partial charge in [-0.15, -0.1) is 0 Å². The van der Waals surface area contributed by atoms with Gasteiger partial charge in [-0.05, 0) is 25.1 Å². The van der Waals surface area contributed by atoms with Crippen molar-refractivity contribution in [1.82, 2.24) is 24.5 Å². The lowest BCUT2D eigenvalue weighted by Crippen LogP contribution is -2.49. The first-order chi connectivity index (χ1) is 14.6. The molecule has 1 amide bonds. The van der Waals surface area contributed by atoms with E-state index in [4.69, 9.17) is 9.47 Å². The van der Waals surface area contributed by atoms with Crippen LogP contribution in [0.25, 0.3) is 5.78 Å². The SMILES string of the molecule is C=CCOc1ccc(C(=O)N2CCN(c3cc(C)nc4ncnn34)CC2)cc1OC. The van der Waals surface area contributed by atoms with Gasteiger partial charge in [0.05, 0.1) is 7.11 Å². The predicted molar refractivity (Wildman–Crippen MR) is 112 cm³/mol. The van der Waals surface area contributed by atoms with Crippen molar-refractivity contribution in [2.24, 2.45) is 0 Å². The van der Waals surface area contributed by atoms with E-state index in [1.807, 2.05) is 17.9 Å². The van der Waals surface area contributed by atoms with E-state index in [1.165, 1.54) is 6.33 Å². The minimum atomic E-state index is -0.0277. The third kappa shape index (κ3) is 3.78. The van der Waals surface area contributed by atoms with Gasteiger partial charge >= 0.3 is 0 Å². The first kappa shape index (κ1) is 19.7. The molecule has 0 bridgehead atoms. The summed E-state index contributed by atoms with van der Waals surface area (Å²) in [4.78, 5) is 25.6. The van der Waals surface area contributed by atoms with Crippen LogP contribution in [0, 0.1) is 6.92 Å². The number of carbonyl (C=O) groups is 1. The number of nitrogens with zero attached hydrogens (tertiary/aromatic N) is 6. The van der Waals surface area contributed by atoms with E-state index in [9.17, 15) is 4.79 Å². The van der Waals surface area contributed by atoms with E-state index >= 15 is 0 Å². The van der Waals surface area contributed by atoms with Crippen LogP contribution in [-0.2, 0) is 0 Å². The number of hydrogen-bond donors (Lipinski definition) is 0. The highest BCUT2D eigenvalue weighted by Gasteiger charge is 2.25. The first-order valence-corrected chi connectivity index (χ1v) is 9.74. The van der Waals surface area contributed by atoms with Gasteiger partial charge < -0.3 is 19.3 Å². The zero-order valence-corrected chi connectivity index (χ0v) is 17.1. The summed E-state index contributed by atoms with van der Waals surface area (Å²) in [7, 11) is 1.56. The molecule has 0 radical (unpaired) electrons. The first-order valence-electron chi connectivity index (χ1n) is 9.74. The third-order valence-corrected chi connectivity index (χ3v) is 5.02. The maximum atomic E-state index is 13.0. The highest BCUT2D eigenvalue weighted by molar-refractivity contribution is 5.95. The molecular formula is C21H24N6O3. The molecule has 1 fully saturated rings. The summed E-state index contributed by atoms with van der Waals surface area (Å²) in [5.41, 5.74) is 1.46. The van der Waals surface area contributed by atoms with Gasteiger partial charge in [-0.3, -0.25) is 4.79 Å². The Labute approximate surface area is 174 Å². The fourth-order valence-corrected chi connectivity index (χ4v) is 3.53. The molecule has 1 aromatic carbocycles. The Hall–Kier alpha value is -3.62. The number of ether oxygens (including phenoxy) is 2. The number of fused-ring (bicyclic) bond motifs is 1. The summed E-state index contributed by atoms with van der Waals surface area (Å²) in [6, 6.07) is 7.23. The second-order valence-corrected chi connectivity index (χ2v) is 6.97. The van der Waals surface area contributed by atoms with Crippen LogP contribution < -0.4 is 14.4 Å². The number of rotatable bonds is 6. The molecule has 0 aliphatic carbocycles. The van der Waals surface area contributed by atoms with Crippen LogP contribution in [0.15, 0.2) is 43.2 Å². The molecule has 9 heteroatoms. The minimum Gasteiger partial charge on any atom is -0.493 e. The third-order valence-electron chi connectivity index (χ3n) is 5.02. The highest BCUT2D eigenvalue weighted by atomic mass is 16.5. The molecule has 2 aromatic heterocycles. The molecule has 0 N–H and O–H groups in total. The number of benzene rings is 1. The second-order valence-electron chi connectivity index (χ2n) is 6.97. The van der Waals surface area contributed by atoms with Gasteiger partial charge in [-0.2, -0.15) is 14.6 Å². The smallest absolute Gasteiger partial charge is 0.254 e. The van der Waals surface area contributed by atoms with E-state index in [2.05, 4.69) is 26.5 Å². The molecule has 3 aromatic rings. The summed E-state index contributed by atoms with van der Waals surface area (Å²) in [6.07, 6.45) is 3.16. The van der Waals surface area contributed by atoms with Gasteiger partial charge in [0.1, 0.15) is 18.8 Å². The van der Waals surface area contributed by atoms with Crippen LogP contribution in [-0.4, -0.2) is 70.3 Å². The van der Waals surface area contributed by atoms with Crippen molar-refractivity contribution in [3.63, 3.8) is 0 Å². The van der Waals surface area contributed by atoms with Crippen LogP contribution in [0.4, 0.5) is 5.82 Å². The maximum Gasteiger partial charge on any atom is 0.254 e. The molecule has 0 unspecified atom stereocenters. The van der Waals surface area contributed by atoms with Crippen molar-refractivity contribution in [1.29, 1.82) is 0 Å². The van der Waals surface area contributed by atoms with E-state index in [1.54, 1.807) is 35.9 Å². The summed E-state index contributed by atoms with van der Waals surface area (Å²) in [5.74, 6) is 2.60. The van der Waals surface area contributed by atoms with Gasteiger partial charge in [0.25, 0.3) is 11.7 Å². The van der Waals surface area contributed by atoms with Gasteiger partial charge in [0, 0.05) is 43.5 Å². The zero-order chi connectivity index (χ0) is 21.1. The van der Waals surface area contributed by atoms with E-state index in [0.29, 0.717) is 55.6 Å². The van der Waals surface area contributed by atoms with Crippen molar-refractivity contribution in [2.45, 2.75) is 6.92 Å². The molecule has 4 rings (SSSR count). The molecule has 1 saturated heterocycles. The molecule has 1 aliphatic heterocycles. The topological polar surface area (TPSA) is 85.1 Å². The predicted octanol–water partition coefficient (Wildman–Crippen LogP) is 1.97. The number of methoxy groups -OCH3 is 1. The number of piperazine rings is 1. The standard InChI is InChI=1S/C21H24N6O3/c1-4-11-30-17-6-5-16(13-18(17)29-3)20(28)26-9-7-25(8-10-26)19-12-15(2)24-21-22-14-23-27(19)21/h4-6,12-14H,1,7-11H2,2-3H3. The zero-order valence-electron chi connectivity index (χ0n) is 17.1. The van der Waals surface area contributed by atoms with Gasteiger partial charge in [0.15, 0.2) is 11.5 Å². The van der Waals surface area contributed by atoms with Crippen LogP contribution in [0.3, 0.4) is 0 Å². The fraction of sp³-hybridized carbons (Fsp3) is 0.333. The van der Waals surface area contributed by atoms with Crippen molar-refractivity contribution >= 4 is 17.5 Å². The van der Waals surface area contributed by atoms with Crippen LogP contribution in [0.2, 0.25) is 0 Å². The van der Waals surface area contributed by atoms with E-state index in [-0.39, 0.29) is 5.91 Å². The molecular weight excluding hydrogens is 384 g/mol. The lowest BCUT2D eigenvalue weighted by molar-refractivity contribution is 0.0746. The Morgan fingerprint density at radius 3 is 2.73 bits per heavy atom. The average molecular weight is 408 g/mol. The Bertz CT molecular complexity index is 1070. The molecule has 0 saturated carbocycles. The lowest BCUT2D eigenvalue weighted by atomic mass is 10.1. The van der Waals surface area contributed by atoms with Gasteiger partial charge in [-0.25, -0.2) is 4.98 Å². The average Bonchev–Trinajstić information content (AvgIpc) is 3.25. The number of amides is 1. The van der Waals surface area contributed by atoms with E-state index in [0.717, 1.165) is 11.5 Å². The monoisotopic (exact) mass is 408 g/mol. The lowest BCUT2D eigenvalue weighted by Gasteiger charge is -2.36. The molecule has 0 spiro atoms. The normalized spacial score (nSPS) is 14.1. The van der Waals surface area contributed by atoms with Crippen LogP contribution in [0.5, 0.6) is 11.5 Å². The van der Waals surface area contributed by atoms with Gasteiger partial charge in [0.2, 0.25) is 0 Å². The highest BCUT2D eigenvalue weighted by Crippen LogP contribution is 2.29. The van der Waals surface area contributed by atoms with Gasteiger partial charge in [-0.1, -0.05) is 12.7 Å². The molecule has 1 aliphatic rings. The quantitative estimate of drug-likeness (QED) is 0.577. The number of carbonyl (C=O) groups excluding carboxylic acids is 1. The van der Waals surface area contributed by atoms with Crippen molar-refractivity contribution < 1.29 is 14.3 Å². The van der Waals surface area contributed by atoms with Crippen molar-refractivity contribution in [3.8, 4) is 11.5 Å². The largest absolute Gasteiger partial charge is 0.493 e. The minimum absolute atomic E-state index is 0.0277. The fourth-order valence-electron chi connectivity index (χ4n) is 3.53. The Kier molecular flexibility index (Phi) is 5.51. The summed E-state index contributed by atoms with van der Waals surface area (Å²) in [5, 5.41) is 4.27. The summed E-state index contributed by atoms with van der Waals surface area (Å²) in [6.45, 7) is 8.56. The Balaban J connectivity index is 1.47. The number of aromatic nitrogens is 4. The Morgan fingerprint density at radius 2 is 2.00 bits per heavy atom. The summed E-state index contributed by atoms with van der Waals surface area (Å²) >= 11 is 0. The number of hydrogen-bond acceptors (Lipinski definition) is 7. The molecule has 9 nitrogen and oxygen atoms in total. The van der Waals surface area contributed by atoms with Crippen LogP contribution in [0.1, 0.15) is 16.1 Å². The van der Waals surface area contributed by atoms with E-state index < -0.39 is 0 Å².